The van der Waals surface area contributed by atoms with Gasteiger partial charge in [-0.15, -0.1) is 0 Å². The normalized spacial score (nSPS) is 20.2. The molecule has 30 heavy (non-hydrogen) atoms. The lowest BCUT2D eigenvalue weighted by molar-refractivity contribution is -0.908. The lowest BCUT2D eigenvalue weighted by atomic mass is 9.95. The summed E-state index contributed by atoms with van der Waals surface area (Å²) >= 11 is 3.46. The smallest absolute Gasteiger partial charge is 0.290 e. The summed E-state index contributed by atoms with van der Waals surface area (Å²) in [5.74, 6) is -1.40. The van der Waals surface area contributed by atoms with E-state index in [0.29, 0.717) is 6.54 Å². The lowest BCUT2D eigenvalue weighted by Crippen LogP contribution is -3.14. The molecule has 0 radical (unpaired) electrons. The van der Waals surface area contributed by atoms with Crippen molar-refractivity contribution in [2.75, 3.05) is 39.4 Å². The average Bonchev–Trinajstić information content (AvgIpc) is 3.37. The van der Waals surface area contributed by atoms with Gasteiger partial charge in [-0.1, -0.05) is 28.1 Å². The van der Waals surface area contributed by atoms with Gasteiger partial charge in [0.2, 0.25) is 5.78 Å². The quantitative estimate of drug-likeness (QED) is 0.597. The summed E-state index contributed by atoms with van der Waals surface area (Å²) < 4.78 is 11.5. The summed E-state index contributed by atoms with van der Waals surface area (Å²) in [6.07, 6.45) is 2.17. The number of benzene rings is 1. The molecule has 158 valence electrons. The second-order valence-corrected chi connectivity index (χ2v) is 8.41. The van der Waals surface area contributed by atoms with Crippen molar-refractivity contribution >= 4 is 27.6 Å². The van der Waals surface area contributed by atoms with E-state index in [1.807, 2.05) is 24.3 Å². The first kappa shape index (κ1) is 20.8. The summed E-state index contributed by atoms with van der Waals surface area (Å²) in [4.78, 5) is 29.0. The van der Waals surface area contributed by atoms with Crippen LogP contribution in [-0.2, 0) is 9.53 Å². The van der Waals surface area contributed by atoms with E-state index in [1.165, 1.54) is 17.2 Å². The number of carbonyl (C=O) groups excluding carboxylic acids is 2. The third-order valence-electron chi connectivity index (χ3n) is 5.59. The SMILES string of the molecule is O=C(C1=C(O)C(=O)N(CCC[NH+]2CCOCC2)[C@H]1c1cccc(Br)c1)c1ccco1. The van der Waals surface area contributed by atoms with Crippen molar-refractivity contribution in [2.45, 2.75) is 12.5 Å². The van der Waals surface area contributed by atoms with Gasteiger partial charge < -0.3 is 24.1 Å². The van der Waals surface area contributed by atoms with Crippen LogP contribution in [0.4, 0.5) is 0 Å². The highest BCUT2D eigenvalue weighted by Crippen LogP contribution is 2.39. The first-order chi connectivity index (χ1) is 14.6. The topological polar surface area (TPSA) is 84.4 Å². The molecule has 0 spiro atoms. The zero-order valence-corrected chi connectivity index (χ0v) is 18.1. The first-order valence-corrected chi connectivity index (χ1v) is 10.8. The third kappa shape index (κ3) is 4.21. The number of quaternary nitrogens is 1. The monoisotopic (exact) mass is 475 g/mol. The lowest BCUT2D eigenvalue weighted by Gasteiger charge is -2.28. The van der Waals surface area contributed by atoms with Gasteiger partial charge in [-0.2, -0.15) is 0 Å². The number of aliphatic hydroxyl groups is 1. The summed E-state index contributed by atoms with van der Waals surface area (Å²) in [7, 11) is 0. The number of hydrogen-bond donors (Lipinski definition) is 2. The number of rotatable bonds is 7. The number of morpholine rings is 1. The van der Waals surface area contributed by atoms with Crippen molar-refractivity contribution in [1.29, 1.82) is 0 Å². The van der Waals surface area contributed by atoms with Crippen molar-refractivity contribution in [1.82, 2.24) is 4.90 Å². The Morgan fingerprint density at radius 1 is 1.23 bits per heavy atom. The summed E-state index contributed by atoms with van der Waals surface area (Å²) in [5, 5.41) is 10.6. The molecule has 1 aromatic carbocycles. The number of hydrogen-bond acceptors (Lipinski definition) is 5. The molecule has 0 bridgehead atoms. The second kappa shape index (κ2) is 9.16. The van der Waals surface area contributed by atoms with Crippen LogP contribution < -0.4 is 4.90 Å². The zero-order valence-electron chi connectivity index (χ0n) is 16.5. The Labute approximate surface area is 183 Å². The molecule has 3 heterocycles. The van der Waals surface area contributed by atoms with Gasteiger partial charge in [0.05, 0.1) is 37.6 Å². The van der Waals surface area contributed by atoms with Gasteiger partial charge in [0.15, 0.2) is 11.5 Å². The van der Waals surface area contributed by atoms with Crippen LogP contribution in [-0.4, -0.2) is 61.1 Å². The fraction of sp³-hybridized carbons (Fsp3) is 0.364. The van der Waals surface area contributed by atoms with E-state index in [4.69, 9.17) is 9.15 Å². The van der Waals surface area contributed by atoms with E-state index >= 15 is 0 Å². The molecule has 1 atom stereocenters. The molecule has 0 saturated carbocycles. The van der Waals surface area contributed by atoms with Crippen molar-refractivity contribution in [2.24, 2.45) is 0 Å². The molecule has 1 fully saturated rings. The largest absolute Gasteiger partial charge is 0.503 e. The average molecular weight is 476 g/mol. The van der Waals surface area contributed by atoms with Gasteiger partial charge in [-0.25, -0.2) is 0 Å². The number of carbonyl (C=O) groups is 2. The molecule has 2 aromatic rings. The Morgan fingerprint density at radius 2 is 2.03 bits per heavy atom. The van der Waals surface area contributed by atoms with Crippen LogP contribution in [0.1, 0.15) is 28.6 Å². The summed E-state index contributed by atoms with van der Waals surface area (Å²) in [6, 6.07) is 9.94. The number of halogens is 1. The Morgan fingerprint density at radius 3 is 2.73 bits per heavy atom. The standard InChI is InChI=1S/C22H23BrN2O5/c23-16-5-1-4-15(14-16)19-18(20(26)17-6-2-11-30-17)21(27)22(28)25(19)8-3-7-24-9-12-29-13-10-24/h1-2,4-6,11,14,19,27H,3,7-10,12-13H2/p+1/t19-/m0/s1. The molecule has 0 unspecified atom stereocenters. The van der Waals surface area contributed by atoms with Crippen molar-refractivity contribution in [3.05, 3.63) is 69.8 Å². The number of amides is 1. The highest BCUT2D eigenvalue weighted by Gasteiger charge is 2.44. The highest BCUT2D eigenvalue weighted by molar-refractivity contribution is 9.10. The molecule has 2 aliphatic heterocycles. The maximum Gasteiger partial charge on any atom is 0.290 e. The fourth-order valence-electron chi connectivity index (χ4n) is 4.09. The van der Waals surface area contributed by atoms with Gasteiger partial charge in [-0.05, 0) is 29.8 Å². The molecule has 2 aliphatic rings. The minimum atomic E-state index is -0.660. The molecule has 1 aromatic heterocycles. The van der Waals surface area contributed by atoms with Crippen LogP contribution in [0, 0.1) is 0 Å². The summed E-state index contributed by atoms with van der Waals surface area (Å²) in [6.45, 7) is 4.76. The molecule has 7 nitrogen and oxygen atoms in total. The Kier molecular flexibility index (Phi) is 6.36. The molecule has 0 aliphatic carbocycles. The minimum absolute atomic E-state index is 0.0618. The molecule has 1 amide bonds. The van der Waals surface area contributed by atoms with E-state index < -0.39 is 23.5 Å². The Bertz CT molecular complexity index is 950. The minimum Gasteiger partial charge on any atom is -0.503 e. The molecule has 8 heteroatoms. The van der Waals surface area contributed by atoms with Gasteiger partial charge in [0.1, 0.15) is 13.1 Å². The van der Waals surface area contributed by atoms with Crippen LogP contribution in [0.3, 0.4) is 0 Å². The number of nitrogens with zero attached hydrogens (tertiary/aromatic N) is 1. The van der Waals surface area contributed by atoms with E-state index in [0.717, 1.165) is 49.3 Å². The molecule has 1 saturated heterocycles. The Balaban J connectivity index is 1.60. The number of nitrogens with one attached hydrogen (secondary N) is 1. The van der Waals surface area contributed by atoms with Gasteiger partial charge in [0.25, 0.3) is 5.91 Å². The van der Waals surface area contributed by atoms with Crippen LogP contribution in [0.25, 0.3) is 0 Å². The predicted octanol–water partition coefficient (Wildman–Crippen LogP) is 1.93. The highest BCUT2D eigenvalue weighted by atomic mass is 79.9. The number of ketones is 1. The summed E-state index contributed by atoms with van der Waals surface area (Å²) in [5.41, 5.74) is 0.821. The fourth-order valence-corrected chi connectivity index (χ4v) is 4.51. The van der Waals surface area contributed by atoms with Crippen LogP contribution >= 0.6 is 15.9 Å². The molecule has 4 rings (SSSR count). The number of aliphatic hydroxyl groups excluding tert-OH is 1. The number of ether oxygens (including phenoxy) is 1. The predicted molar refractivity (Wildman–Crippen MR) is 112 cm³/mol. The van der Waals surface area contributed by atoms with E-state index in [1.54, 1.807) is 11.0 Å². The molecule has 2 N–H and O–H groups in total. The maximum atomic E-state index is 13.1. The number of furan rings is 1. The van der Waals surface area contributed by atoms with E-state index in [9.17, 15) is 14.7 Å². The van der Waals surface area contributed by atoms with Crippen molar-refractivity contribution in [3.8, 4) is 0 Å². The van der Waals surface area contributed by atoms with E-state index in [2.05, 4.69) is 15.9 Å². The van der Waals surface area contributed by atoms with E-state index in [-0.39, 0.29) is 11.3 Å². The van der Waals surface area contributed by atoms with Crippen LogP contribution in [0.15, 0.2) is 62.9 Å². The first-order valence-electron chi connectivity index (χ1n) is 10.1. The van der Waals surface area contributed by atoms with Crippen molar-refractivity contribution in [3.63, 3.8) is 0 Å². The van der Waals surface area contributed by atoms with Gasteiger partial charge in [0, 0.05) is 17.4 Å². The third-order valence-corrected chi connectivity index (χ3v) is 6.08. The van der Waals surface area contributed by atoms with Gasteiger partial charge >= 0.3 is 0 Å². The zero-order chi connectivity index (χ0) is 21.1. The Hall–Kier alpha value is -2.42. The number of Topliss-reactive ketones (excluding diaryl/α,β-unsaturated/α-hetero) is 1. The molecular weight excluding hydrogens is 452 g/mol. The van der Waals surface area contributed by atoms with Crippen LogP contribution in [0.5, 0.6) is 0 Å². The van der Waals surface area contributed by atoms with Gasteiger partial charge in [-0.3, -0.25) is 9.59 Å². The van der Waals surface area contributed by atoms with Crippen molar-refractivity contribution < 1.29 is 28.7 Å². The maximum absolute atomic E-state index is 13.1. The van der Waals surface area contributed by atoms with Crippen LogP contribution in [0.2, 0.25) is 0 Å². The second-order valence-electron chi connectivity index (χ2n) is 7.49. The molecular formula is C22H24BrN2O5+.